The van der Waals surface area contributed by atoms with Crippen molar-refractivity contribution in [1.82, 2.24) is 5.32 Å². The van der Waals surface area contributed by atoms with Crippen molar-refractivity contribution in [2.24, 2.45) is 0 Å². The minimum atomic E-state index is -0.0784. The van der Waals surface area contributed by atoms with Crippen LogP contribution < -0.4 is 5.32 Å². The van der Waals surface area contributed by atoms with Crippen molar-refractivity contribution >= 4 is 0 Å². The van der Waals surface area contributed by atoms with E-state index in [0.29, 0.717) is 19.8 Å². The molecule has 4 nitrogen and oxygen atoms in total. The second kappa shape index (κ2) is 7.22. The largest absolute Gasteiger partial charge is 0.379 e. The molecule has 96 valence electrons. The second-order valence-corrected chi connectivity index (χ2v) is 4.82. The summed E-state index contributed by atoms with van der Waals surface area (Å²) in [7, 11) is 0. The third kappa shape index (κ3) is 5.80. The number of morpholine rings is 1. The molecule has 1 aliphatic rings. The molecule has 0 saturated carbocycles. The molecule has 0 bridgehead atoms. The van der Waals surface area contributed by atoms with Gasteiger partial charge in [0, 0.05) is 19.7 Å². The molecule has 0 radical (unpaired) electrons. The summed E-state index contributed by atoms with van der Waals surface area (Å²) in [6.45, 7) is 10.9. The molecule has 1 N–H and O–H groups in total. The van der Waals surface area contributed by atoms with Gasteiger partial charge < -0.3 is 19.5 Å². The summed E-state index contributed by atoms with van der Waals surface area (Å²) in [5.41, 5.74) is -0.0784. The van der Waals surface area contributed by atoms with Crippen LogP contribution in [0.4, 0.5) is 0 Å². The van der Waals surface area contributed by atoms with E-state index in [9.17, 15) is 0 Å². The van der Waals surface area contributed by atoms with Gasteiger partial charge in [-0.2, -0.15) is 0 Å². The molecule has 1 fully saturated rings. The minimum absolute atomic E-state index is 0.0784. The molecule has 0 amide bonds. The number of hydrogen-bond donors (Lipinski definition) is 1. The monoisotopic (exact) mass is 231 g/mol. The van der Waals surface area contributed by atoms with E-state index in [2.05, 4.69) is 26.1 Å². The van der Waals surface area contributed by atoms with Crippen LogP contribution >= 0.6 is 0 Å². The molecule has 0 aromatic heterocycles. The van der Waals surface area contributed by atoms with Crippen LogP contribution in [0.5, 0.6) is 0 Å². The van der Waals surface area contributed by atoms with E-state index in [1.54, 1.807) is 0 Å². The molecular weight excluding hydrogens is 206 g/mol. The van der Waals surface area contributed by atoms with E-state index >= 15 is 0 Å². The van der Waals surface area contributed by atoms with Crippen molar-refractivity contribution in [3.8, 4) is 0 Å². The SMILES string of the molecule is CCCOCCOCC1CNCC(C)(C)O1. The highest BCUT2D eigenvalue weighted by molar-refractivity contribution is 4.81. The van der Waals surface area contributed by atoms with Gasteiger partial charge in [-0.1, -0.05) is 6.92 Å². The van der Waals surface area contributed by atoms with Gasteiger partial charge in [-0.3, -0.25) is 0 Å². The van der Waals surface area contributed by atoms with Crippen molar-refractivity contribution in [2.45, 2.75) is 38.9 Å². The van der Waals surface area contributed by atoms with E-state index in [1.165, 1.54) is 0 Å². The van der Waals surface area contributed by atoms with Crippen molar-refractivity contribution in [2.75, 3.05) is 39.5 Å². The van der Waals surface area contributed by atoms with Gasteiger partial charge >= 0.3 is 0 Å². The van der Waals surface area contributed by atoms with Gasteiger partial charge in [-0.25, -0.2) is 0 Å². The summed E-state index contributed by atoms with van der Waals surface area (Å²) in [6.07, 6.45) is 1.22. The lowest BCUT2D eigenvalue weighted by atomic mass is 10.1. The fourth-order valence-electron chi connectivity index (χ4n) is 1.74. The Morgan fingerprint density at radius 3 is 2.69 bits per heavy atom. The van der Waals surface area contributed by atoms with Gasteiger partial charge in [-0.15, -0.1) is 0 Å². The van der Waals surface area contributed by atoms with Crippen LogP contribution in [-0.4, -0.2) is 51.2 Å². The minimum Gasteiger partial charge on any atom is -0.379 e. The summed E-state index contributed by atoms with van der Waals surface area (Å²) < 4.78 is 16.7. The maximum atomic E-state index is 5.87. The smallest absolute Gasteiger partial charge is 0.0940 e. The zero-order valence-electron chi connectivity index (χ0n) is 10.8. The van der Waals surface area contributed by atoms with Crippen LogP contribution in [0.1, 0.15) is 27.2 Å². The van der Waals surface area contributed by atoms with Gasteiger partial charge in [0.2, 0.25) is 0 Å². The first-order chi connectivity index (χ1) is 7.64. The molecule has 4 heteroatoms. The highest BCUT2D eigenvalue weighted by Crippen LogP contribution is 2.15. The zero-order valence-corrected chi connectivity index (χ0v) is 10.8. The van der Waals surface area contributed by atoms with E-state index in [0.717, 1.165) is 26.1 Å². The van der Waals surface area contributed by atoms with Crippen LogP contribution in [0.3, 0.4) is 0 Å². The molecular formula is C12H25NO3. The average molecular weight is 231 g/mol. The summed E-state index contributed by atoms with van der Waals surface area (Å²) in [5, 5.41) is 3.35. The molecule has 1 heterocycles. The molecule has 0 spiro atoms. The Bertz CT molecular complexity index is 185. The predicted molar refractivity (Wildman–Crippen MR) is 63.8 cm³/mol. The number of nitrogens with one attached hydrogen (secondary N) is 1. The Morgan fingerprint density at radius 2 is 2.00 bits per heavy atom. The second-order valence-electron chi connectivity index (χ2n) is 4.82. The van der Waals surface area contributed by atoms with E-state index in [4.69, 9.17) is 14.2 Å². The molecule has 1 atom stereocenters. The van der Waals surface area contributed by atoms with E-state index in [-0.39, 0.29) is 11.7 Å². The third-order valence-electron chi connectivity index (χ3n) is 2.43. The van der Waals surface area contributed by atoms with Crippen LogP contribution in [0.15, 0.2) is 0 Å². The quantitative estimate of drug-likeness (QED) is 0.668. The summed E-state index contributed by atoms with van der Waals surface area (Å²) in [5.74, 6) is 0. The normalized spacial score (nSPS) is 24.6. The fourth-order valence-corrected chi connectivity index (χ4v) is 1.74. The molecule has 1 unspecified atom stereocenters. The Morgan fingerprint density at radius 1 is 1.25 bits per heavy atom. The average Bonchev–Trinajstić information content (AvgIpc) is 2.22. The molecule has 1 rings (SSSR count). The zero-order chi connectivity index (χ0) is 11.9. The standard InChI is InChI=1S/C12H25NO3/c1-4-5-14-6-7-15-9-11-8-13-10-12(2,3)16-11/h11,13H,4-10H2,1-3H3. The summed E-state index contributed by atoms with van der Waals surface area (Å²) in [4.78, 5) is 0. The van der Waals surface area contributed by atoms with Crippen LogP contribution in [0.2, 0.25) is 0 Å². The Balaban J connectivity index is 2.00. The molecule has 0 aromatic carbocycles. The molecule has 0 aromatic rings. The topological polar surface area (TPSA) is 39.7 Å². The lowest BCUT2D eigenvalue weighted by Gasteiger charge is -2.36. The number of ether oxygens (including phenoxy) is 3. The summed E-state index contributed by atoms with van der Waals surface area (Å²) >= 11 is 0. The van der Waals surface area contributed by atoms with E-state index < -0.39 is 0 Å². The van der Waals surface area contributed by atoms with Gasteiger partial charge in [0.1, 0.15) is 0 Å². The van der Waals surface area contributed by atoms with Crippen molar-refractivity contribution in [3.05, 3.63) is 0 Å². The molecule has 1 saturated heterocycles. The van der Waals surface area contributed by atoms with Gasteiger partial charge in [-0.05, 0) is 20.3 Å². The first-order valence-electron chi connectivity index (χ1n) is 6.18. The van der Waals surface area contributed by atoms with Crippen LogP contribution in [0, 0.1) is 0 Å². The van der Waals surface area contributed by atoms with Gasteiger partial charge in [0.15, 0.2) is 0 Å². The number of hydrogen-bond acceptors (Lipinski definition) is 4. The Hall–Kier alpha value is -0.160. The van der Waals surface area contributed by atoms with Crippen molar-refractivity contribution < 1.29 is 14.2 Å². The molecule has 16 heavy (non-hydrogen) atoms. The van der Waals surface area contributed by atoms with E-state index in [1.807, 2.05) is 0 Å². The molecule has 0 aliphatic carbocycles. The first-order valence-corrected chi connectivity index (χ1v) is 6.18. The maximum Gasteiger partial charge on any atom is 0.0940 e. The van der Waals surface area contributed by atoms with Crippen molar-refractivity contribution in [3.63, 3.8) is 0 Å². The third-order valence-corrected chi connectivity index (χ3v) is 2.43. The highest BCUT2D eigenvalue weighted by Gasteiger charge is 2.28. The summed E-state index contributed by atoms with van der Waals surface area (Å²) in [6, 6.07) is 0. The van der Waals surface area contributed by atoms with Crippen molar-refractivity contribution in [1.29, 1.82) is 0 Å². The lowest BCUT2D eigenvalue weighted by molar-refractivity contribution is -0.122. The van der Waals surface area contributed by atoms with Crippen LogP contribution in [0.25, 0.3) is 0 Å². The molecule has 1 aliphatic heterocycles. The fraction of sp³-hybridized carbons (Fsp3) is 1.00. The lowest BCUT2D eigenvalue weighted by Crippen LogP contribution is -2.51. The highest BCUT2D eigenvalue weighted by atomic mass is 16.6. The van der Waals surface area contributed by atoms with Gasteiger partial charge in [0.25, 0.3) is 0 Å². The maximum absolute atomic E-state index is 5.87. The first kappa shape index (κ1) is 13.9. The van der Waals surface area contributed by atoms with Crippen LogP contribution in [-0.2, 0) is 14.2 Å². The Labute approximate surface area is 98.6 Å². The predicted octanol–water partition coefficient (Wildman–Crippen LogP) is 1.20. The Kier molecular flexibility index (Phi) is 6.28. The van der Waals surface area contributed by atoms with Gasteiger partial charge in [0.05, 0.1) is 31.5 Å². The number of rotatable bonds is 7.